The number of hydrogen-bond donors (Lipinski definition) is 3. The smallest absolute Gasteiger partial charge is 0.317 e. The molecule has 7 nitrogen and oxygen atoms in total. The van der Waals surface area contributed by atoms with Gasteiger partial charge in [-0.3, -0.25) is 9.59 Å². The lowest BCUT2D eigenvalue weighted by Gasteiger charge is -2.41. The Labute approximate surface area is 144 Å². The van der Waals surface area contributed by atoms with Gasteiger partial charge in [-0.1, -0.05) is 12.1 Å². The van der Waals surface area contributed by atoms with Gasteiger partial charge in [-0.25, -0.2) is 9.18 Å². The van der Waals surface area contributed by atoms with Crippen LogP contribution in [0.15, 0.2) is 24.3 Å². The van der Waals surface area contributed by atoms with E-state index in [0.29, 0.717) is 31.5 Å². The molecule has 0 aliphatic carbocycles. The number of hydrogen-bond acceptors (Lipinski definition) is 3. The second-order valence-electron chi connectivity index (χ2n) is 6.57. The Bertz CT molecular complexity index is 701. The second kappa shape index (κ2) is 6.70. The first kappa shape index (κ1) is 17.2. The number of carboxylic acids is 1. The number of benzene rings is 1. The van der Waals surface area contributed by atoms with Gasteiger partial charge >= 0.3 is 12.0 Å². The standard InChI is InChI=1S/C17H20FN3O4/c18-12-3-1-2-11(8-12)10-19-16(25)21-6-4-17(5-7-21)13(15(23)24)9-14(22)20-17/h1-3,8,13H,4-7,9-10H2,(H,19,25)(H,20,22)(H,23,24)/t13-/m1/s1. The topological polar surface area (TPSA) is 98.7 Å². The molecule has 25 heavy (non-hydrogen) atoms. The third-order valence-electron chi connectivity index (χ3n) is 5.02. The van der Waals surface area contributed by atoms with Crippen LogP contribution >= 0.6 is 0 Å². The van der Waals surface area contributed by atoms with Gasteiger partial charge in [-0.15, -0.1) is 0 Å². The number of carbonyl (C=O) groups excluding carboxylic acids is 2. The van der Waals surface area contributed by atoms with Crippen molar-refractivity contribution in [2.75, 3.05) is 13.1 Å². The maximum Gasteiger partial charge on any atom is 0.317 e. The maximum absolute atomic E-state index is 13.1. The van der Waals surface area contributed by atoms with Gasteiger partial charge in [0.2, 0.25) is 5.91 Å². The highest BCUT2D eigenvalue weighted by Gasteiger charge is 2.51. The van der Waals surface area contributed by atoms with Crippen molar-refractivity contribution >= 4 is 17.9 Å². The summed E-state index contributed by atoms with van der Waals surface area (Å²) < 4.78 is 13.1. The van der Waals surface area contributed by atoms with Crippen molar-refractivity contribution in [3.8, 4) is 0 Å². The van der Waals surface area contributed by atoms with Gasteiger partial charge in [-0.2, -0.15) is 0 Å². The summed E-state index contributed by atoms with van der Waals surface area (Å²) in [5.41, 5.74) is -0.0988. The number of likely N-dealkylation sites (tertiary alicyclic amines) is 1. The number of amides is 3. The molecule has 134 valence electrons. The minimum Gasteiger partial charge on any atom is -0.481 e. The zero-order valence-electron chi connectivity index (χ0n) is 13.6. The molecule has 1 aromatic rings. The molecule has 3 rings (SSSR count). The van der Waals surface area contributed by atoms with E-state index in [4.69, 9.17) is 0 Å². The molecule has 0 aromatic heterocycles. The molecule has 1 aromatic carbocycles. The molecule has 0 saturated carbocycles. The molecule has 0 unspecified atom stereocenters. The van der Waals surface area contributed by atoms with E-state index in [9.17, 15) is 23.9 Å². The Hall–Kier alpha value is -2.64. The Balaban J connectivity index is 1.56. The van der Waals surface area contributed by atoms with Crippen molar-refractivity contribution in [3.05, 3.63) is 35.6 Å². The predicted molar refractivity (Wildman–Crippen MR) is 86.1 cm³/mol. The van der Waals surface area contributed by atoms with Crippen molar-refractivity contribution in [3.63, 3.8) is 0 Å². The molecule has 2 fully saturated rings. The maximum atomic E-state index is 13.1. The summed E-state index contributed by atoms with van der Waals surface area (Å²) in [5, 5.41) is 14.9. The monoisotopic (exact) mass is 349 g/mol. The third-order valence-corrected chi connectivity index (χ3v) is 5.02. The quantitative estimate of drug-likeness (QED) is 0.761. The molecule has 2 aliphatic rings. The van der Waals surface area contributed by atoms with Gasteiger partial charge in [0.1, 0.15) is 5.82 Å². The Morgan fingerprint density at radius 3 is 2.72 bits per heavy atom. The molecule has 1 spiro atoms. The van der Waals surface area contributed by atoms with Crippen LogP contribution in [-0.4, -0.2) is 46.5 Å². The highest BCUT2D eigenvalue weighted by molar-refractivity contribution is 5.88. The number of nitrogens with one attached hydrogen (secondary N) is 2. The fraction of sp³-hybridized carbons (Fsp3) is 0.471. The van der Waals surface area contributed by atoms with E-state index in [1.165, 1.54) is 12.1 Å². The fourth-order valence-corrected chi connectivity index (χ4v) is 3.64. The van der Waals surface area contributed by atoms with Crippen LogP contribution in [0, 0.1) is 11.7 Å². The second-order valence-corrected chi connectivity index (χ2v) is 6.57. The molecular formula is C17H20FN3O4. The van der Waals surface area contributed by atoms with Gasteiger partial charge in [0.15, 0.2) is 0 Å². The van der Waals surface area contributed by atoms with Crippen LogP contribution < -0.4 is 10.6 Å². The zero-order valence-corrected chi connectivity index (χ0v) is 13.6. The van der Waals surface area contributed by atoms with Gasteiger partial charge < -0.3 is 20.6 Å². The summed E-state index contributed by atoms with van der Waals surface area (Å²) in [6.45, 7) is 0.935. The lowest BCUT2D eigenvalue weighted by Crippen LogP contribution is -2.57. The average Bonchev–Trinajstić information content (AvgIpc) is 2.89. The SMILES string of the molecule is O=C1C[C@H](C(=O)O)C2(CCN(C(=O)NCc3cccc(F)c3)CC2)N1. The molecule has 2 heterocycles. The van der Waals surface area contributed by atoms with E-state index >= 15 is 0 Å². The molecule has 2 saturated heterocycles. The number of aliphatic carboxylic acids is 1. The largest absolute Gasteiger partial charge is 0.481 e. The predicted octanol–water partition coefficient (Wildman–Crippen LogP) is 1.09. The first-order chi connectivity index (χ1) is 11.9. The minimum atomic E-state index is -0.984. The summed E-state index contributed by atoms with van der Waals surface area (Å²) in [7, 11) is 0. The summed E-state index contributed by atoms with van der Waals surface area (Å²) >= 11 is 0. The lowest BCUT2D eigenvalue weighted by molar-refractivity contribution is -0.144. The summed E-state index contributed by atoms with van der Waals surface area (Å²) in [4.78, 5) is 36.9. The minimum absolute atomic E-state index is 0.0128. The number of piperidine rings is 1. The van der Waals surface area contributed by atoms with E-state index in [1.54, 1.807) is 17.0 Å². The molecule has 1 atom stereocenters. The van der Waals surface area contributed by atoms with Crippen LogP contribution in [0.4, 0.5) is 9.18 Å². The van der Waals surface area contributed by atoms with Crippen LogP contribution in [0.25, 0.3) is 0 Å². The first-order valence-electron chi connectivity index (χ1n) is 8.21. The van der Waals surface area contributed by atoms with Crippen molar-refractivity contribution in [2.24, 2.45) is 5.92 Å². The van der Waals surface area contributed by atoms with Crippen LogP contribution in [0.3, 0.4) is 0 Å². The highest BCUT2D eigenvalue weighted by atomic mass is 19.1. The van der Waals surface area contributed by atoms with Crippen LogP contribution in [0.1, 0.15) is 24.8 Å². The number of halogens is 1. The van der Waals surface area contributed by atoms with Gasteiger partial charge in [0.05, 0.1) is 11.5 Å². The number of nitrogens with zero attached hydrogens (tertiary/aromatic N) is 1. The average molecular weight is 349 g/mol. The number of rotatable bonds is 3. The molecule has 8 heteroatoms. The number of carbonyl (C=O) groups is 3. The van der Waals surface area contributed by atoms with E-state index in [2.05, 4.69) is 10.6 Å². The molecule has 3 amide bonds. The Morgan fingerprint density at radius 2 is 2.08 bits per heavy atom. The molecule has 3 N–H and O–H groups in total. The fourth-order valence-electron chi connectivity index (χ4n) is 3.64. The lowest BCUT2D eigenvalue weighted by atomic mass is 9.78. The highest BCUT2D eigenvalue weighted by Crippen LogP contribution is 2.36. The first-order valence-corrected chi connectivity index (χ1v) is 8.21. The van der Waals surface area contributed by atoms with Crippen molar-refractivity contribution < 1.29 is 23.9 Å². The van der Waals surface area contributed by atoms with Gasteiger partial charge in [0.25, 0.3) is 0 Å². The Morgan fingerprint density at radius 1 is 1.36 bits per heavy atom. The van der Waals surface area contributed by atoms with Crippen molar-refractivity contribution in [1.29, 1.82) is 0 Å². The number of urea groups is 1. The van der Waals surface area contributed by atoms with E-state index in [-0.39, 0.29) is 30.7 Å². The van der Waals surface area contributed by atoms with Crippen molar-refractivity contribution in [1.82, 2.24) is 15.5 Å². The van der Waals surface area contributed by atoms with E-state index in [1.807, 2.05) is 0 Å². The van der Waals surface area contributed by atoms with Gasteiger partial charge in [-0.05, 0) is 30.5 Å². The van der Waals surface area contributed by atoms with Gasteiger partial charge in [0, 0.05) is 26.1 Å². The van der Waals surface area contributed by atoms with Crippen LogP contribution in [-0.2, 0) is 16.1 Å². The zero-order chi connectivity index (χ0) is 18.0. The number of carboxylic acid groups (broad SMARTS) is 1. The summed E-state index contributed by atoms with van der Waals surface area (Å²) in [6, 6.07) is 5.72. The van der Waals surface area contributed by atoms with E-state index in [0.717, 1.165) is 0 Å². The molecule has 2 aliphatic heterocycles. The third kappa shape index (κ3) is 3.57. The van der Waals surface area contributed by atoms with Crippen molar-refractivity contribution in [2.45, 2.75) is 31.3 Å². The van der Waals surface area contributed by atoms with Crippen LogP contribution in [0.5, 0.6) is 0 Å². The normalized spacial score (nSPS) is 21.9. The summed E-state index contributed by atoms with van der Waals surface area (Å²) in [6.07, 6.45) is 0.799. The molecule has 0 radical (unpaired) electrons. The molecular weight excluding hydrogens is 329 g/mol. The van der Waals surface area contributed by atoms with Crippen LogP contribution in [0.2, 0.25) is 0 Å². The van der Waals surface area contributed by atoms with E-state index < -0.39 is 17.4 Å². The summed E-state index contributed by atoms with van der Waals surface area (Å²) in [5.74, 6) is -2.35. The molecule has 0 bridgehead atoms. The Kier molecular flexibility index (Phi) is 4.61.